The fourth-order valence-electron chi connectivity index (χ4n) is 1.84. The average Bonchev–Trinajstić information content (AvgIpc) is 2.38. The van der Waals surface area contributed by atoms with Crippen molar-refractivity contribution in [2.75, 3.05) is 13.2 Å². The van der Waals surface area contributed by atoms with Crippen LogP contribution in [0.2, 0.25) is 0 Å². The number of ether oxygens (including phenoxy) is 1. The number of carbonyl (C=O) groups excluding carboxylic acids is 1. The molecule has 0 atom stereocenters. The average molecular weight is 257 g/mol. The largest absolute Gasteiger partial charge is 0.450 e. The van der Waals surface area contributed by atoms with Crippen LogP contribution in [0.5, 0.6) is 0 Å². The second-order valence-electron chi connectivity index (χ2n) is 4.89. The van der Waals surface area contributed by atoms with Crippen LogP contribution in [0.4, 0.5) is 4.79 Å². The van der Waals surface area contributed by atoms with Gasteiger partial charge in [0.2, 0.25) is 0 Å². The summed E-state index contributed by atoms with van der Waals surface area (Å²) in [5.74, 6) is 0. The fraction of sp³-hybridized carbons (Fsp3) is 0.933. The Balaban J connectivity index is 3.12. The fourth-order valence-corrected chi connectivity index (χ4v) is 1.84. The Labute approximate surface area is 113 Å². The van der Waals surface area contributed by atoms with Crippen LogP contribution in [0.15, 0.2) is 0 Å². The summed E-state index contributed by atoms with van der Waals surface area (Å²) in [6.45, 7) is 5.71. The Bertz CT molecular complexity index is 165. The molecule has 1 N–H and O–H groups in total. The van der Waals surface area contributed by atoms with Crippen LogP contribution in [0.25, 0.3) is 0 Å². The van der Waals surface area contributed by atoms with Gasteiger partial charge in [-0.25, -0.2) is 4.79 Å². The first-order valence-electron chi connectivity index (χ1n) is 7.71. The van der Waals surface area contributed by atoms with Crippen LogP contribution in [0.3, 0.4) is 0 Å². The van der Waals surface area contributed by atoms with Gasteiger partial charge in [0, 0.05) is 6.54 Å². The predicted octanol–water partition coefficient (Wildman–Crippen LogP) is 4.65. The van der Waals surface area contributed by atoms with Crippen molar-refractivity contribution < 1.29 is 9.53 Å². The molecule has 0 radical (unpaired) electrons. The van der Waals surface area contributed by atoms with Gasteiger partial charge < -0.3 is 10.1 Å². The van der Waals surface area contributed by atoms with E-state index in [1.807, 2.05) is 0 Å². The van der Waals surface area contributed by atoms with E-state index < -0.39 is 0 Å². The van der Waals surface area contributed by atoms with Crippen molar-refractivity contribution in [2.45, 2.75) is 78.1 Å². The van der Waals surface area contributed by atoms with Crippen molar-refractivity contribution in [2.24, 2.45) is 0 Å². The highest BCUT2D eigenvalue weighted by molar-refractivity contribution is 5.66. The lowest BCUT2D eigenvalue weighted by atomic mass is 10.1. The maximum Gasteiger partial charge on any atom is 0.407 e. The molecule has 3 heteroatoms. The molecule has 108 valence electrons. The first kappa shape index (κ1) is 17.3. The maximum absolute atomic E-state index is 11.3. The summed E-state index contributed by atoms with van der Waals surface area (Å²) >= 11 is 0. The molecule has 0 aliphatic carbocycles. The van der Waals surface area contributed by atoms with Crippen molar-refractivity contribution in [3.8, 4) is 0 Å². The number of unbranched alkanes of at least 4 members (excludes halogenated alkanes) is 8. The molecule has 0 aliphatic rings. The molecule has 1 amide bonds. The molecule has 0 spiro atoms. The number of rotatable bonds is 12. The van der Waals surface area contributed by atoms with Gasteiger partial charge in [0.15, 0.2) is 0 Å². The molecule has 0 unspecified atom stereocenters. The van der Waals surface area contributed by atoms with Crippen molar-refractivity contribution >= 4 is 6.09 Å². The van der Waals surface area contributed by atoms with Gasteiger partial charge >= 0.3 is 6.09 Å². The first-order chi connectivity index (χ1) is 8.81. The minimum Gasteiger partial charge on any atom is -0.450 e. The van der Waals surface area contributed by atoms with E-state index in [1.165, 1.54) is 44.9 Å². The van der Waals surface area contributed by atoms with E-state index in [0.29, 0.717) is 6.61 Å². The summed E-state index contributed by atoms with van der Waals surface area (Å²) in [7, 11) is 0. The summed E-state index contributed by atoms with van der Waals surface area (Å²) in [4.78, 5) is 11.3. The van der Waals surface area contributed by atoms with Gasteiger partial charge in [-0.05, 0) is 12.8 Å². The van der Waals surface area contributed by atoms with E-state index in [-0.39, 0.29) is 6.09 Å². The van der Waals surface area contributed by atoms with Gasteiger partial charge in [0.05, 0.1) is 6.61 Å². The van der Waals surface area contributed by atoms with Gasteiger partial charge in [-0.1, -0.05) is 65.2 Å². The molecule has 0 aromatic carbocycles. The summed E-state index contributed by atoms with van der Waals surface area (Å²) in [5, 5.41) is 2.80. The van der Waals surface area contributed by atoms with E-state index in [2.05, 4.69) is 19.2 Å². The summed E-state index contributed by atoms with van der Waals surface area (Å²) in [5.41, 5.74) is 0. The molecule has 0 bridgehead atoms. The minimum atomic E-state index is -0.249. The standard InChI is InChI=1S/C15H31NO2/c1-3-5-7-9-11-13-16-15(17)18-14-12-10-8-6-4-2/h3-14H2,1-2H3,(H,16,17). The minimum absolute atomic E-state index is 0.249. The van der Waals surface area contributed by atoms with Crippen LogP contribution in [-0.4, -0.2) is 19.2 Å². The zero-order valence-corrected chi connectivity index (χ0v) is 12.3. The van der Waals surface area contributed by atoms with Gasteiger partial charge in [0.1, 0.15) is 0 Å². The lowest BCUT2D eigenvalue weighted by Gasteiger charge is -2.06. The zero-order valence-electron chi connectivity index (χ0n) is 12.3. The third-order valence-electron chi connectivity index (χ3n) is 3.03. The molecule has 0 heterocycles. The van der Waals surface area contributed by atoms with Crippen LogP contribution in [0, 0.1) is 0 Å². The normalized spacial score (nSPS) is 10.3. The Morgan fingerprint density at radius 3 is 2.00 bits per heavy atom. The zero-order chi connectivity index (χ0) is 13.5. The summed E-state index contributed by atoms with van der Waals surface area (Å²) in [6, 6.07) is 0. The van der Waals surface area contributed by atoms with Gasteiger partial charge in [0.25, 0.3) is 0 Å². The molecule has 0 rings (SSSR count). The number of hydrogen-bond donors (Lipinski definition) is 1. The van der Waals surface area contributed by atoms with Crippen LogP contribution in [-0.2, 0) is 4.74 Å². The molecule has 18 heavy (non-hydrogen) atoms. The number of carbonyl (C=O) groups is 1. The molecular weight excluding hydrogens is 226 g/mol. The number of hydrogen-bond acceptors (Lipinski definition) is 2. The second-order valence-corrected chi connectivity index (χ2v) is 4.89. The molecule has 3 nitrogen and oxygen atoms in total. The molecule has 0 fully saturated rings. The third kappa shape index (κ3) is 13.3. The van der Waals surface area contributed by atoms with Crippen molar-refractivity contribution in [3.63, 3.8) is 0 Å². The Morgan fingerprint density at radius 2 is 1.39 bits per heavy atom. The molecule has 0 aliphatic heterocycles. The number of amides is 1. The van der Waals surface area contributed by atoms with E-state index >= 15 is 0 Å². The van der Waals surface area contributed by atoms with Crippen LogP contribution >= 0.6 is 0 Å². The molecule has 0 saturated carbocycles. The second kappa shape index (κ2) is 14.3. The lowest BCUT2D eigenvalue weighted by Crippen LogP contribution is -2.25. The molecule has 0 saturated heterocycles. The number of alkyl carbamates (subject to hydrolysis) is 1. The molecule has 0 aromatic rings. The monoisotopic (exact) mass is 257 g/mol. The Morgan fingerprint density at radius 1 is 0.833 bits per heavy atom. The van der Waals surface area contributed by atoms with E-state index in [9.17, 15) is 4.79 Å². The van der Waals surface area contributed by atoms with Crippen molar-refractivity contribution in [1.82, 2.24) is 5.32 Å². The van der Waals surface area contributed by atoms with Crippen LogP contribution < -0.4 is 5.32 Å². The van der Waals surface area contributed by atoms with Gasteiger partial charge in [-0.15, -0.1) is 0 Å². The first-order valence-corrected chi connectivity index (χ1v) is 7.71. The van der Waals surface area contributed by atoms with Gasteiger partial charge in [-0.2, -0.15) is 0 Å². The topological polar surface area (TPSA) is 38.3 Å². The Hall–Kier alpha value is -0.730. The van der Waals surface area contributed by atoms with E-state index in [1.54, 1.807) is 0 Å². The summed E-state index contributed by atoms with van der Waals surface area (Å²) < 4.78 is 5.10. The quantitative estimate of drug-likeness (QED) is 0.517. The maximum atomic E-state index is 11.3. The highest BCUT2D eigenvalue weighted by atomic mass is 16.5. The predicted molar refractivity (Wildman–Crippen MR) is 76.9 cm³/mol. The van der Waals surface area contributed by atoms with Crippen LogP contribution in [0.1, 0.15) is 78.1 Å². The molecular formula is C15H31NO2. The van der Waals surface area contributed by atoms with Crippen molar-refractivity contribution in [3.05, 3.63) is 0 Å². The highest BCUT2D eigenvalue weighted by Gasteiger charge is 2.00. The third-order valence-corrected chi connectivity index (χ3v) is 3.03. The molecule has 0 aromatic heterocycles. The van der Waals surface area contributed by atoms with E-state index in [4.69, 9.17) is 4.74 Å². The SMILES string of the molecule is CCCCCCCNC(=O)OCCCCCCC. The van der Waals surface area contributed by atoms with Gasteiger partial charge in [-0.3, -0.25) is 0 Å². The summed E-state index contributed by atoms with van der Waals surface area (Å²) in [6.07, 6.45) is 11.8. The lowest BCUT2D eigenvalue weighted by molar-refractivity contribution is 0.143. The smallest absolute Gasteiger partial charge is 0.407 e. The number of nitrogens with one attached hydrogen (secondary N) is 1. The highest BCUT2D eigenvalue weighted by Crippen LogP contribution is 2.03. The van der Waals surface area contributed by atoms with Crippen molar-refractivity contribution in [1.29, 1.82) is 0 Å². The van der Waals surface area contributed by atoms with E-state index in [0.717, 1.165) is 25.8 Å². The Kier molecular flexibility index (Phi) is 13.8.